The van der Waals surface area contributed by atoms with Gasteiger partial charge in [-0.25, -0.2) is 4.98 Å². The summed E-state index contributed by atoms with van der Waals surface area (Å²) in [5, 5.41) is 0. The van der Waals surface area contributed by atoms with Crippen molar-refractivity contribution in [1.82, 2.24) is 9.55 Å². The first-order valence-corrected chi connectivity index (χ1v) is 9.35. The second kappa shape index (κ2) is 7.69. The fraction of sp³-hybridized carbons (Fsp3) is 0.167. The third kappa shape index (κ3) is 3.65. The van der Waals surface area contributed by atoms with E-state index >= 15 is 0 Å². The average Bonchev–Trinajstić information content (AvgIpc) is 2.70. The van der Waals surface area contributed by atoms with Crippen molar-refractivity contribution >= 4 is 5.95 Å². The molecule has 0 fully saturated rings. The SMILES string of the molecule is C#CCOc1cccc(-c2cccc(C3C=CC3c3cc(=O)n(C)c(N)n3)c2)c1. The molecule has 0 saturated heterocycles. The average molecular weight is 383 g/mol. The molecule has 2 atom stereocenters. The van der Waals surface area contributed by atoms with E-state index in [-0.39, 0.29) is 30.0 Å². The number of nitrogens with two attached hydrogens (primary N) is 1. The van der Waals surface area contributed by atoms with Crippen LogP contribution in [0.1, 0.15) is 23.1 Å². The van der Waals surface area contributed by atoms with Crippen molar-refractivity contribution < 1.29 is 4.74 Å². The minimum atomic E-state index is -0.149. The Morgan fingerprint density at radius 3 is 2.52 bits per heavy atom. The molecule has 1 aliphatic rings. The number of benzene rings is 2. The molecule has 1 aromatic heterocycles. The van der Waals surface area contributed by atoms with Gasteiger partial charge in [-0.1, -0.05) is 54.5 Å². The summed E-state index contributed by atoms with van der Waals surface area (Å²) in [5.74, 6) is 3.63. The van der Waals surface area contributed by atoms with E-state index in [0.717, 1.165) is 22.4 Å². The van der Waals surface area contributed by atoms with Crippen LogP contribution >= 0.6 is 0 Å². The Bertz CT molecular complexity index is 1190. The molecule has 1 aliphatic carbocycles. The first kappa shape index (κ1) is 18.6. The highest BCUT2D eigenvalue weighted by atomic mass is 16.5. The van der Waals surface area contributed by atoms with Gasteiger partial charge in [0, 0.05) is 24.9 Å². The summed E-state index contributed by atoms with van der Waals surface area (Å²) >= 11 is 0. The van der Waals surface area contributed by atoms with E-state index in [1.165, 1.54) is 4.57 Å². The van der Waals surface area contributed by atoms with Crippen LogP contribution in [0.25, 0.3) is 11.1 Å². The van der Waals surface area contributed by atoms with Crippen LogP contribution in [0.2, 0.25) is 0 Å². The van der Waals surface area contributed by atoms with Gasteiger partial charge in [-0.05, 0) is 28.8 Å². The second-order valence-electron chi connectivity index (χ2n) is 7.02. The van der Waals surface area contributed by atoms with E-state index < -0.39 is 0 Å². The summed E-state index contributed by atoms with van der Waals surface area (Å²) in [6.07, 6.45) is 9.47. The van der Waals surface area contributed by atoms with E-state index in [2.05, 4.69) is 41.3 Å². The topological polar surface area (TPSA) is 70.1 Å². The zero-order valence-corrected chi connectivity index (χ0v) is 16.1. The first-order chi connectivity index (χ1) is 14.1. The summed E-state index contributed by atoms with van der Waals surface area (Å²) in [4.78, 5) is 16.5. The van der Waals surface area contributed by atoms with Crippen molar-refractivity contribution in [1.29, 1.82) is 0 Å². The van der Waals surface area contributed by atoms with Gasteiger partial charge < -0.3 is 10.5 Å². The molecule has 0 radical (unpaired) electrons. The van der Waals surface area contributed by atoms with Crippen molar-refractivity contribution in [3.05, 3.63) is 88.4 Å². The highest BCUT2D eigenvalue weighted by Gasteiger charge is 2.29. The molecule has 0 aliphatic heterocycles. The molecular formula is C24H21N3O2. The van der Waals surface area contributed by atoms with Crippen LogP contribution in [-0.2, 0) is 7.05 Å². The van der Waals surface area contributed by atoms with Gasteiger partial charge in [0.2, 0.25) is 5.95 Å². The summed E-state index contributed by atoms with van der Waals surface area (Å²) in [6, 6.07) is 17.8. The fourth-order valence-electron chi connectivity index (χ4n) is 3.50. The molecule has 4 rings (SSSR count). The van der Waals surface area contributed by atoms with E-state index in [1.54, 1.807) is 13.1 Å². The third-order valence-corrected chi connectivity index (χ3v) is 5.20. The molecule has 5 heteroatoms. The van der Waals surface area contributed by atoms with Gasteiger partial charge in [0.1, 0.15) is 12.4 Å². The van der Waals surface area contributed by atoms with Gasteiger partial charge in [-0.15, -0.1) is 6.42 Å². The molecule has 0 saturated carbocycles. The summed E-state index contributed by atoms with van der Waals surface area (Å²) in [7, 11) is 1.62. The number of hydrogen-bond donors (Lipinski definition) is 1. The number of hydrogen-bond acceptors (Lipinski definition) is 4. The molecule has 2 N–H and O–H groups in total. The third-order valence-electron chi connectivity index (χ3n) is 5.20. The largest absolute Gasteiger partial charge is 0.481 e. The van der Waals surface area contributed by atoms with Gasteiger partial charge >= 0.3 is 0 Å². The maximum atomic E-state index is 12.1. The predicted octanol–water partition coefficient (Wildman–Crippen LogP) is 3.48. The molecular weight excluding hydrogens is 362 g/mol. The summed E-state index contributed by atoms with van der Waals surface area (Å²) < 4.78 is 6.88. The van der Waals surface area contributed by atoms with Crippen LogP contribution in [0, 0.1) is 12.3 Å². The minimum Gasteiger partial charge on any atom is -0.481 e. The molecule has 29 heavy (non-hydrogen) atoms. The van der Waals surface area contributed by atoms with Crippen LogP contribution in [0.4, 0.5) is 5.95 Å². The maximum absolute atomic E-state index is 12.1. The van der Waals surface area contributed by atoms with E-state index in [4.69, 9.17) is 16.9 Å². The lowest BCUT2D eigenvalue weighted by atomic mass is 9.75. The van der Waals surface area contributed by atoms with Gasteiger partial charge in [0.05, 0.1) is 5.69 Å². The van der Waals surface area contributed by atoms with E-state index in [1.807, 2.05) is 30.3 Å². The number of ether oxygens (including phenoxy) is 1. The summed E-state index contributed by atoms with van der Waals surface area (Å²) in [5.41, 5.74) is 9.73. The molecule has 5 nitrogen and oxygen atoms in total. The normalized spacial score (nSPS) is 17.4. The lowest BCUT2D eigenvalue weighted by Gasteiger charge is -2.30. The smallest absolute Gasteiger partial charge is 0.254 e. The number of aromatic nitrogens is 2. The molecule has 2 aromatic carbocycles. The zero-order chi connectivity index (χ0) is 20.4. The number of nitrogen functional groups attached to an aromatic ring is 1. The number of allylic oxidation sites excluding steroid dienone is 2. The molecule has 1 heterocycles. The zero-order valence-electron chi connectivity index (χ0n) is 16.1. The Kier molecular flexibility index (Phi) is 4.92. The maximum Gasteiger partial charge on any atom is 0.254 e. The Labute approximate surface area is 169 Å². The van der Waals surface area contributed by atoms with Crippen molar-refractivity contribution in [2.45, 2.75) is 11.8 Å². The number of terminal acetylenes is 1. The Morgan fingerprint density at radius 1 is 1.10 bits per heavy atom. The first-order valence-electron chi connectivity index (χ1n) is 9.35. The van der Waals surface area contributed by atoms with Crippen molar-refractivity contribution in [3.8, 4) is 29.2 Å². The monoisotopic (exact) mass is 383 g/mol. The highest BCUT2D eigenvalue weighted by molar-refractivity contribution is 5.66. The summed E-state index contributed by atoms with van der Waals surface area (Å²) in [6.45, 7) is 0.241. The Balaban J connectivity index is 1.62. The second-order valence-corrected chi connectivity index (χ2v) is 7.02. The van der Waals surface area contributed by atoms with Gasteiger partial charge in [-0.3, -0.25) is 9.36 Å². The Hall–Kier alpha value is -3.78. The van der Waals surface area contributed by atoms with Crippen LogP contribution in [0.3, 0.4) is 0 Å². The predicted molar refractivity (Wildman–Crippen MR) is 115 cm³/mol. The lowest BCUT2D eigenvalue weighted by molar-refractivity contribution is 0.370. The number of rotatable bonds is 5. The van der Waals surface area contributed by atoms with Crippen molar-refractivity contribution in [3.63, 3.8) is 0 Å². The Morgan fingerprint density at radius 2 is 1.83 bits per heavy atom. The lowest BCUT2D eigenvalue weighted by Crippen LogP contribution is -2.25. The van der Waals surface area contributed by atoms with E-state index in [9.17, 15) is 4.79 Å². The van der Waals surface area contributed by atoms with Crippen LogP contribution < -0.4 is 16.0 Å². The standard InChI is InChI=1S/C24H21N3O2/c1-3-12-29-19-9-5-7-17(14-19)16-6-4-8-18(13-16)20-10-11-21(20)22-15-23(28)27(2)24(25)26-22/h1,4-11,13-15,20-21H,12H2,2H3,(H2,25,26). The molecule has 0 bridgehead atoms. The van der Waals surface area contributed by atoms with Crippen molar-refractivity contribution in [2.24, 2.45) is 7.05 Å². The van der Waals surface area contributed by atoms with Gasteiger partial charge in [0.15, 0.2) is 0 Å². The van der Waals surface area contributed by atoms with Crippen LogP contribution in [0.15, 0.2) is 71.5 Å². The quantitative estimate of drug-likeness (QED) is 0.541. The molecule has 0 amide bonds. The van der Waals surface area contributed by atoms with Gasteiger partial charge in [-0.2, -0.15) is 0 Å². The fourth-order valence-corrected chi connectivity index (χ4v) is 3.50. The number of anilines is 1. The van der Waals surface area contributed by atoms with Crippen LogP contribution in [-0.4, -0.2) is 16.2 Å². The molecule has 2 unspecified atom stereocenters. The molecule has 144 valence electrons. The van der Waals surface area contributed by atoms with E-state index in [0.29, 0.717) is 5.69 Å². The number of nitrogens with zero attached hydrogens (tertiary/aromatic N) is 2. The van der Waals surface area contributed by atoms with Crippen molar-refractivity contribution in [2.75, 3.05) is 12.3 Å². The van der Waals surface area contributed by atoms with Crippen LogP contribution in [0.5, 0.6) is 5.75 Å². The van der Waals surface area contributed by atoms with Gasteiger partial charge in [0.25, 0.3) is 5.56 Å². The molecule has 3 aromatic rings. The molecule has 0 spiro atoms. The minimum absolute atomic E-state index is 0.0340. The highest BCUT2D eigenvalue weighted by Crippen LogP contribution is 2.42.